The first kappa shape index (κ1) is 14.7. The second-order valence-electron chi connectivity index (χ2n) is 5.65. The van der Waals surface area contributed by atoms with Crippen molar-refractivity contribution in [1.82, 2.24) is 15.1 Å². The molecule has 1 aliphatic heterocycles. The minimum absolute atomic E-state index is 0.108. The van der Waals surface area contributed by atoms with Crippen LogP contribution < -0.4 is 10.6 Å². The maximum Gasteiger partial charge on any atom is 0.252 e. The number of benzene rings is 1. The lowest BCUT2D eigenvalue weighted by atomic mass is 9.87. The highest BCUT2D eigenvalue weighted by Crippen LogP contribution is 2.29. The van der Waals surface area contributed by atoms with Crippen molar-refractivity contribution in [3.8, 4) is 0 Å². The van der Waals surface area contributed by atoms with Crippen molar-refractivity contribution in [3.05, 3.63) is 48.0 Å². The number of hydrogen-bond acceptors (Lipinski definition) is 3. The molecule has 0 spiro atoms. The molecule has 116 valence electrons. The molecule has 0 aliphatic carbocycles. The molecule has 22 heavy (non-hydrogen) atoms. The van der Waals surface area contributed by atoms with Crippen LogP contribution in [-0.2, 0) is 10.3 Å². The van der Waals surface area contributed by atoms with E-state index in [-0.39, 0.29) is 11.7 Å². The minimum Gasteiger partial charge on any atom is -0.324 e. The van der Waals surface area contributed by atoms with E-state index in [2.05, 4.69) is 15.7 Å². The van der Waals surface area contributed by atoms with Gasteiger partial charge in [-0.3, -0.25) is 9.48 Å². The van der Waals surface area contributed by atoms with Gasteiger partial charge in [0.05, 0.1) is 0 Å². The largest absolute Gasteiger partial charge is 0.324 e. The summed E-state index contributed by atoms with van der Waals surface area (Å²) in [5.41, 5.74) is 0.419. The molecule has 0 unspecified atom stereocenters. The molecule has 1 amide bonds. The number of carbonyl (C=O) groups excluding carboxylic acids is 1. The Morgan fingerprint density at radius 1 is 1.41 bits per heavy atom. The molecule has 2 aromatic rings. The van der Waals surface area contributed by atoms with Crippen LogP contribution in [-0.4, -0.2) is 28.8 Å². The van der Waals surface area contributed by atoms with Gasteiger partial charge >= 0.3 is 0 Å². The monoisotopic (exact) mass is 302 g/mol. The van der Waals surface area contributed by atoms with Gasteiger partial charge in [-0.25, -0.2) is 4.39 Å². The van der Waals surface area contributed by atoms with Crippen molar-refractivity contribution in [1.29, 1.82) is 0 Å². The topological polar surface area (TPSA) is 59.0 Å². The summed E-state index contributed by atoms with van der Waals surface area (Å²) in [4.78, 5) is 12.9. The zero-order valence-corrected chi connectivity index (χ0v) is 12.5. The van der Waals surface area contributed by atoms with Gasteiger partial charge in [0, 0.05) is 18.1 Å². The number of carbonyl (C=O) groups is 1. The van der Waals surface area contributed by atoms with Crippen LogP contribution in [0.4, 0.5) is 10.1 Å². The maximum atomic E-state index is 13.4. The highest BCUT2D eigenvalue weighted by molar-refractivity contribution is 5.96. The highest BCUT2D eigenvalue weighted by atomic mass is 19.1. The standard InChI is InChI=1S/C16H19FN4O/c1-12-11-13(3-4-14(12)17)20-15(22)16(5-8-18-9-6-16)21-10-2-7-19-21/h2-4,7,10-11,18H,5-6,8-9H2,1H3,(H,20,22). The fraction of sp³-hybridized carbons (Fsp3) is 0.375. The molecule has 1 saturated heterocycles. The maximum absolute atomic E-state index is 13.4. The predicted octanol–water partition coefficient (Wildman–Crippen LogP) is 2.05. The third-order valence-corrected chi connectivity index (χ3v) is 4.21. The van der Waals surface area contributed by atoms with Crippen LogP contribution in [0.15, 0.2) is 36.7 Å². The van der Waals surface area contributed by atoms with Gasteiger partial charge in [0.2, 0.25) is 0 Å². The third-order valence-electron chi connectivity index (χ3n) is 4.21. The predicted molar refractivity (Wildman–Crippen MR) is 82.1 cm³/mol. The highest BCUT2D eigenvalue weighted by Gasteiger charge is 2.42. The average Bonchev–Trinajstić information content (AvgIpc) is 3.06. The van der Waals surface area contributed by atoms with E-state index in [1.54, 1.807) is 29.9 Å². The Kier molecular flexibility index (Phi) is 3.94. The summed E-state index contributed by atoms with van der Waals surface area (Å²) in [5.74, 6) is -0.384. The Hall–Kier alpha value is -2.21. The van der Waals surface area contributed by atoms with Crippen molar-refractivity contribution in [2.75, 3.05) is 18.4 Å². The van der Waals surface area contributed by atoms with E-state index in [4.69, 9.17) is 0 Å². The molecule has 0 bridgehead atoms. The smallest absolute Gasteiger partial charge is 0.252 e. The fourth-order valence-corrected chi connectivity index (χ4v) is 2.89. The molecule has 0 saturated carbocycles. The lowest BCUT2D eigenvalue weighted by Gasteiger charge is -2.36. The van der Waals surface area contributed by atoms with Crippen LogP contribution >= 0.6 is 0 Å². The van der Waals surface area contributed by atoms with Crippen molar-refractivity contribution >= 4 is 11.6 Å². The van der Waals surface area contributed by atoms with Gasteiger partial charge in [0.25, 0.3) is 5.91 Å². The van der Waals surface area contributed by atoms with E-state index in [0.29, 0.717) is 24.1 Å². The molecule has 1 aromatic heterocycles. The van der Waals surface area contributed by atoms with Crippen LogP contribution in [0.5, 0.6) is 0 Å². The van der Waals surface area contributed by atoms with Crippen LogP contribution in [0.2, 0.25) is 0 Å². The zero-order chi connectivity index (χ0) is 15.6. The molecule has 2 N–H and O–H groups in total. The Balaban J connectivity index is 1.88. The van der Waals surface area contributed by atoms with Gasteiger partial charge in [-0.15, -0.1) is 0 Å². The van der Waals surface area contributed by atoms with Gasteiger partial charge < -0.3 is 10.6 Å². The normalized spacial score (nSPS) is 17.2. The second-order valence-corrected chi connectivity index (χ2v) is 5.65. The summed E-state index contributed by atoms with van der Waals surface area (Å²) in [5, 5.41) is 10.5. The second kappa shape index (κ2) is 5.88. The SMILES string of the molecule is Cc1cc(NC(=O)C2(n3cccn3)CCNCC2)ccc1F. The Morgan fingerprint density at radius 3 is 2.82 bits per heavy atom. The van der Waals surface area contributed by atoms with Gasteiger partial charge in [-0.05, 0) is 62.7 Å². The van der Waals surface area contributed by atoms with E-state index < -0.39 is 5.54 Å². The lowest BCUT2D eigenvalue weighted by molar-refractivity contribution is -0.126. The van der Waals surface area contributed by atoms with Crippen molar-refractivity contribution in [2.24, 2.45) is 0 Å². The fourth-order valence-electron chi connectivity index (χ4n) is 2.89. The van der Waals surface area contributed by atoms with E-state index >= 15 is 0 Å². The Labute approximate surface area is 128 Å². The Morgan fingerprint density at radius 2 is 2.18 bits per heavy atom. The van der Waals surface area contributed by atoms with E-state index in [9.17, 15) is 9.18 Å². The summed E-state index contributed by atoms with van der Waals surface area (Å²) in [6.45, 7) is 3.20. The van der Waals surface area contributed by atoms with Crippen molar-refractivity contribution in [3.63, 3.8) is 0 Å². The lowest BCUT2D eigenvalue weighted by Crippen LogP contribution is -2.52. The van der Waals surface area contributed by atoms with Crippen LogP contribution in [0.3, 0.4) is 0 Å². The van der Waals surface area contributed by atoms with Crippen LogP contribution in [0, 0.1) is 12.7 Å². The van der Waals surface area contributed by atoms with Crippen molar-refractivity contribution < 1.29 is 9.18 Å². The first-order valence-electron chi connectivity index (χ1n) is 7.40. The molecular formula is C16H19FN4O. The van der Waals surface area contributed by atoms with Crippen LogP contribution in [0.25, 0.3) is 0 Å². The molecule has 0 atom stereocenters. The third kappa shape index (κ3) is 2.62. The number of nitrogens with zero attached hydrogens (tertiary/aromatic N) is 2. The molecule has 1 fully saturated rings. The minimum atomic E-state index is -0.697. The van der Waals surface area contributed by atoms with Gasteiger partial charge in [-0.1, -0.05) is 0 Å². The number of aryl methyl sites for hydroxylation is 1. The summed E-state index contributed by atoms with van der Waals surface area (Å²) in [6, 6.07) is 6.41. The van der Waals surface area contributed by atoms with Crippen molar-refractivity contribution in [2.45, 2.75) is 25.3 Å². The number of hydrogen-bond donors (Lipinski definition) is 2. The first-order valence-corrected chi connectivity index (χ1v) is 7.40. The molecule has 1 aromatic carbocycles. The molecule has 5 nitrogen and oxygen atoms in total. The number of rotatable bonds is 3. The zero-order valence-electron chi connectivity index (χ0n) is 12.5. The number of nitrogens with one attached hydrogen (secondary N) is 2. The Bertz CT molecular complexity index is 663. The molecule has 2 heterocycles. The van der Waals surface area contributed by atoms with Crippen LogP contribution in [0.1, 0.15) is 18.4 Å². The number of piperidine rings is 1. The quantitative estimate of drug-likeness (QED) is 0.912. The molecule has 1 aliphatic rings. The van der Waals surface area contributed by atoms with E-state index in [1.165, 1.54) is 6.07 Å². The first-order chi connectivity index (χ1) is 10.6. The average molecular weight is 302 g/mol. The van der Waals surface area contributed by atoms with Gasteiger partial charge in [-0.2, -0.15) is 5.10 Å². The molecule has 3 rings (SSSR count). The molecular weight excluding hydrogens is 283 g/mol. The number of amides is 1. The molecule has 0 radical (unpaired) electrons. The summed E-state index contributed by atoms with van der Waals surface area (Å²) in [6.07, 6.45) is 4.83. The van der Waals surface area contributed by atoms with Gasteiger partial charge in [0.1, 0.15) is 11.4 Å². The number of halogens is 1. The summed E-state index contributed by atoms with van der Waals surface area (Å²) < 4.78 is 15.1. The number of anilines is 1. The van der Waals surface area contributed by atoms with E-state index in [0.717, 1.165) is 13.1 Å². The van der Waals surface area contributed by atoms with Gasteiger partial charge in [0.15, 0.2) is 0 Å². The summed E-state index contributed by atoms with van der Waals surface area (Å²) >= 11 is 0. The summed E-state index contributed by atoms with van der Waals surface area (Å²) in [7, 11) is 0. The number of aromatic nitrogens is 2. The van der Waals surface area contributed by atoms with E-state index in [1.807, 2.05) is 12.3 Å². The molecule has 6 heteroatoms.